The van der Waals surface area contributed by atoms with Gasteiger partial charge in [0, 0.05) is 29.2 Å². The van der Waals surface area contributed by atoms with Gasteiger partial charge in [-0.25, -0.2) is 0 Å². The minimum absolute atomic E-state index is 0.0375. The fourth-order valence-corrected chi connectivity index (χ4v) is 4.74. The minimum Gasteiger partial charge on any atom is -0.353 e. The SMILES string of the molecule is CCN[C@H](C)CNC(=O)C1CC2CCCCC2N1C(=O)c1cccc(Cl)c1. The molecule has 0 spiro atoms. The van der Waals surface area contributed by atoms with Gasteiger partial charge in [0.25, 0.3) is 5.91 Å². The van der Waals surface area contributed by atoms with Crippen LogP contribution in [0.15, 0.2) is 24.3 Å². The second-order valence-corrected chi connectivity index (χ2v) is 8.23. The minimum atomic E-state index is -0.390. The monoisotopic (exact) mass is 391 g/mol. The zero-order valence-electron chi connectivity index (χ0n) is 16.2. The van der Waals surface area contributed by atoms with E-state index in [4.69, 9.17) is 11.6 Å². The molecule has 4 atom stereocenters. The second kappa shape index (κ2) is 9.07. The number of carbonyl (C=O) groups is 2. The Balaban J connectivity index is 1.78. The number of likely N-dealkylation sites (tertiary alicyclic amines) is 1. The Morgan fingerprint density at radius 1 is 1.30 bits per heavy atom. The van der Waals surface area contributed by atoms with Crippen LogP contribution in [-0.4, -0.2) is 47.9 Å². The molecule has 1 saturated carbocycles. The van der Waals surface area contributed by atoms with Gasteiger partial charge in [0.05, 0.1) is 0 Å². The normalized spacial score (nSPS) is 25.7. The highest BCUT2D eigenvalue weighted by molar-refractivity contribution is 6.31. The van der Waals surface area contributed by atoms with Gasteiger partial charge >= 0.3 is 0 Å². The highest BCUT2D eigenvalue weighted by Gasteiger charge is 2.47. The maximum absolute atomic E-state index is 13.3. The van der Waals surface area contributed by atoms with Gasteiger partial charge < -0.3 is 15.5 Å². The molecular formula is C21H30ClN3O2. The molecule has 1 aliphatic carbocycles. The van der Waals surface area contributed by atoms with Crippen molar-refractivity contribution >= 4 is 23.4 Å². The average molecular weight is 392 g/mol. The summed E-state index contributed by atoms with van der Waals surface area (Å²) in [6.45, 7) is 5.53. The third kappa shape index (κ3) is 4.64. The number of halogens is 1. The molecule has 2 amide bonds. The number of amides is 2. The van der Waals surface area contributed by atoms with E-state index < -0.39 is 6.04 Å². The summed E-state index contributed by atoms with van der Waals surface area (Å²) in [4.78, 5) is 28.1. The number of likely N-dealkylation sites (N-methyl/N-ethyl adjacent to an activating group) is 1. The fraction of sp³-hybridized carbons (Fsp3) is 0.619. The Labute approximate surface area is 166 Å². The summed E-state index contributed by atoms with van der Waals surface area (Å²) in [5.74, 6) is 0.306. The topological polar surface area (TPSA) is 61.4 Å². The van der Waals surface area contributed by atoms with E-state index in [1.54, 1.807) is 24.3 Å². The van der Waals surface area contributed by atoms with Gasteiger partial charge in [-0.15, -0.1) is 0 Å². The molecule has 3 rings (SSSR count). The Bertz CT molecular complexity index is 681. The summed E-state index contributed by atoms with van der Waals surface area (Å²) in [6.07, 6.45) is 5.15. The van der Waals surface area contributed by atoms with Crippen molar-refractivity contribution in [2.24, 2.45) is 5.92 Å². The Kier molecular flexibility index (Phi) is 6.77. The maximum Gasteiger partial charge on any atom is 0.254 e. The quantitative estimate of drug-likeness (QED) is 0.782. The molecule has 1 aliphatic heterocycles. The molecule has 0 bridgehead atoms. The third-order valence-corrected chi connectivity index (χ3v) is 6.07. The van der Waals surface area contributed by atoms with Gasteiger partial charge in [-0.2, -0.15) is 0 Å². The Morgan fingerprint density at radius 3 is 2.81 bits per heavy atom. The van der Waals surface area contributed by atoms with Crippen LogP contribution < -0.4 is 10.6 Å². The van der Waals surface area contributed by atoms with E-state index in [0.717, 1.165) is 32.2 Å². The number of benzene rings is 1. The zero-order valence-corrected chi connectivity index (χ0v) is 17.0. The molecule has 3 unspecified atom stereocenters. The molecule has 2 N–H and O–H groups in total. The predicted octanol–water partition coefficient (Wildman–Crippen LogP) is 3.23. The molecule has 27 heavy (non-hydrogen) atoms. The standard InChI is InChI=1S/C21H30ClN3O2/c1-3-23-14(2)13-24-20(26)19-12-15-7-4-5-10-18(15)25(19)21(27)16-8-6-9-17(22)11-16/h6,8-9,11,14-15,18-19,23H,3-5,7,10,12-13H2,1-2H3,(H,24,26)/t14-,15?,18?,19?/m1/s1. The van der Waals surface area contributed by atoms with Gasteiger partial charge in [0.1, 0.15) is 6.04 Å². The molecule has 5 nitrogen and oxygen atoms in total. The van der Waals surface area contributed by atoms with Gasteiger partial charge in [-0.3, -0.25) is 9.59 Å². The molecule has 148 valence electrons. The van der Waals surface area contributed by atoms with Crippen LogP contribution >= 0.6 is 11.6 Å². The third-order valence-electron chi connectivity index (χ3n) is 5.83. The first kappa shape index (κ1) is 20.2. The van der Waals surface area contributed by atoms with E-state index in [-0.39, 0.29) is 23.9 Å². The van der Waals surface area contributed by atoms with E-state index in [9.17, 15) is 9.59 Å². The Morgan fingerprint density at radius 2 is 2.07 bits per heavy atom. The Hall–Kier alpha value is -1.59. The van der Waals surface area contributed by atoms with E-state index in [1.165, 1.54) is 6.42 Å². The van der Waals surface area contributed by atoms with Crippen molar-refractivity contribution < 1.29 is 9.59 Å². The van der Waals surface area contributed by atoms with Crippen LogP contribution in [0.4, 0.5) is 0 Å². The van der Waals surface area contributed by atoms with Gasteiger partial charge in [-0.1, -0.05) is 37.4 Å². The highest BCUT2D eigenvalue weighted by atomic mass is 35.5. The molecule has 0 radical (unpaired) electrons. The molecule has 2 aliphatic rings. The van der Waals surface area contributed by atoms with Crippen molar-refractivity contribution in [3.05, 3.63) is 34.9 Å². The molecule has 0 aromatic heterocycles. The maximum atomic E-state index is 13.3. The van der Waals surface area contributed by atoms with Crippen LogP contribution in [0.5, 0.6) is 0 Å². The average Bonchev–Trinajstić information content (AvgIpc) is 3.05. The van der Waals surface area contributed by atoms with Gasteiger partial charge in [-0.05, 0) is 56.8 Å². The van der Waals surface area contributed by atoms with Crippen LogP contribution in [0.3, 0.4) is 0 Å². The summed E-state index contributed by atoms with van der Waals surface area (Å²) < 4.78 is 0. The van der Waals surface area contributed by atoms with Crippen molar-refractivity contribution in [1.29, 1.82) is 0 Å². The lowest BCUT2D eigenvalue weighted by molar-refractivity contribution is -0.125. The number of fused-ring (bicyclic) bond motifs is 1. The fourth-order valence-electron chi connectivity index (χ4n) is 4.55. The highest BCUT2D eigenvalue weighted by Crippen LogP contribution is 2.40. The zero-order chi connectivity index (χ0) is 19.4. The van der Waals surface area contributed by atoms with E-state index in [1.807, 2.05) is 18.7 Å². The van der Waals surface area contributed by atoms with Crippen LogP contribution in [-0.2, 0) is 4.79 Å². The van der Waals surface area contributed by atoms with Crippen molar-refractivity contribution in [2.45, 2.75) is 64.1 Å². The molecule has 1 aromatic carbocycles. The molecule has 1 saturated heterocycles. The molecule has 1 aromatic rings. The first-order valence-electron chi connectivity index (χ1n) is 10.1. The lowest BCUT2D eigenvalue weighted by Gasteiger charge is -2.33. The summed E-state index contributed by atoms with van der Waals surface area (Å²) in [5, 5.41) is 6.88. The first-order chi connectivity index (χ1) is 13.0. The predicted molar refractivity (Wildman–Crippen MR) is 108 cm³/mol. The summed E-state index contributed by atoms with van der Waals surface area (Å²) in [7, 11) is 0. The second-order valence-electron chi connectivity index (χ2n) is 7.79. The van der Waals surface area contributed by atoms with Gasteiger partial charge in [0.2, 0.25) is 5.91 Å². The van der Waals surface area contributed by atoms with Crippen molar-refractivity contribution in [2.75, 3.05) is 13.1 Å². The van der Waals surface area contributed by atoms with E-state index in [0.29, 0.717) is 23.0 Å². The summed E-state index contributed by atoms with van der Waals surface area (Å²) >= 11 is 6.09. The lowest BCUT2D eigenvalue weighted by Crippen LogP contribution is -2.51. The largest absolute Gasteiger partial charge is 0.353 e. The van der Waals surface area contributed by atoms with Crippen LogP contribution in [0.25, 0.3) is 0 Å². The number of hydrogen-bond donors (Lipinski definition) is 2. The van der Waals surface area contributed by atoms with Crippen LogP contribution in [0.1, 0.15) is 56.3 Å². The smallest absolute Gasteiger partial charge is 0.254 e. The van der Waals surface area contributed by atoms with E-state index in [2.05, 4.69) is 10.6 Å². The van der Waals surface area contributed by atoms with E-state index >= 15 is 0 Å². The molecule has 1 heterocycles. The number of carbonyl (C=O) groups excluding carboxylic acids is 2. The molecule has 6 heteroatoms. The number of hydrogen-bond acceptors (Lipinski definition) is 3. The first-order valence-corrected chi connectivity index (χ1v) is 10.5. The van der Waals surface area contributed by atoms with Gasteiger partial charge in [0.15, 0.2) is 0 Å². The van der Waals surface area contributed by atoms with Crippen molar-refractivity contribution in [3.8, 4) is 0 Å². The number of nitrogens with zero attached hydrogens (tertiary/aromatic N) is 1. The van der Waals surface area contributed by atoms with Crippen LogP contribution in [0, 0.1) is 5.92 Å². The molecular weight excluding hydrogens is 362 g/mol. The summed E-state index contributed by atoms with van der Waals surface area (Å²) in [5.41, 5.74) is 0.563. The number of rotatable bonds is 6. The lowest BCUT2D eigenvalue weighted by atomic mass is 9.84. The number of nitrogens with one attached hydrogen (secondary N) is 2. The molecule has 2 fully saturated rings. The van der Waals surface area contributed by atoms with Crippen molar-refractivity contribution in [1.82, 2.24) is 15.5 Å². The van der Waals surface area contributed by atoms with Crippen molar-refractivity contribution in [3.63, 3.8) is 0 Å². The summed E-state index contributed by atoms with van der Waals surface area (Å²) in [6, 6.07) is 7.01. The van der Waals surface area contributed by atoms with Crippen LogP contribution in [0.2, 0.25) is 5.02 Å².